The average Bonchev–Trinajstić information content (AvgIpc) is 2.52. The van der Waals surface area contributed by atoms with Crippen molar-refractivity contribution in [2.45, 2.75) is 17.3 Å². The first kappa shape index (κ1) is 11.3. The fraction of sp³-hybridized carbons (Fsp3) is 0.556. The number of aromatic nitrogens is 3. The predicted octanol–water partition coefficient (Wildman–Crippen LogP) is 1.07. The maximum atomic E-state index is 4.15. The lowest BCUT2D eigenvalue weighted by molar-refractivity contribution is 0.678. The Balaban J connectivity index is 2.30. The third-order valence-corrected chi connectivity index (χ3v) is 2.85. The Morgan fingerprint density at radius 1 is 1.79 bits per heavy atom. The summed E-state index contributed by atoms with van der Waals surface area (Å²) in [7, 11) is 1.90. The normalized spacial score (nSPS) is 12.7. The fourth-order valence-electron chi connectivity index (χ4n) is 1.00. The van der Waals surface area contributed by atoms with Gasteiger partial charge in [-0.15, -0.1) is 6.58 Å². The molecule has 0 saturated carbocycles. The maximum Gasteiger partial charge on any atom is 0.186 e. The zero-order valence-corrected chi connectivity index (χ0v) is 9.42. The van der Waals surface area contributed by atoms with Crippen LogP contribution < -0.4 is 5.32 Å². The number of hydrogen-bond acceptors (Lipinski definition) is 4. The molecule has 0 saturated heterocycles. The molecular formula is C9H16N4S. The number of aryl methyl sites for hydroxylation is 1. The standard InChI is InChI=1S/C9H16N4S/c1-4-5-10-6-8(2)14-9-11-7-12-13(9)3/h4,7-8,10H,1,5-6H2,2-3H3. The minimum absolute atomic E-state index is 0.484. The Morgan fingerprint density at radius 2 is 2.57 bits per heavy atom. The highest BCUT2D eigenvalue weighted by Crippen LogP contribution is 2.18. The van der Waals surface area contributed by atoms with Crippen molar-refractivity contribution >= 4 is 11.8 Å². The van der Waals surface area contributed by atoms with E-state index in [2.05, 4.69) is 28.9 Å². The number of hydrogen-bond donors (Lipinski definition) is 1. The second-order valence-electron chi connectivity index (χ2n) is 3.04. The summed E-state index contributed by atoms with van der Waals surface area (Å²) in [6.45, 7) is 7.61. The van der Waals surface area contributed by atoms with E-state index in [9.17, 15) is 0 Å². The van der Waals surface area contributed by atoms with Gasteiger partial charge in [0.25, 0.3) is 0 Å². The van der Waals surface area contributed by atoms with E-state index >= 15 is 0 Å². The van der Waals surface area contributed by atoms with Gasteiger partial charge in [-0.2, -0.15) is 5.10 Å². The first-order chi connectivity index (χ1) is 6.74. The van der Waals surface area contributed by atoms with Crippen molar-refractivity contribution in [3.8, 4) is 0 Å². The van der Waals surface area contributed by atoms with Crippen LogP contribution in [-0.2, 0) is 7.05 Å². The Labute approximate surface area is 88.8 Å². The monoisotopic (exact) mass is 212 g/mol. The van der Waals surface area contributed by atoms with Crippen molar-refractivity contribution in [2.24, 2.45) is 7.05 Å². The van der Waals surface area contributed by atoms with E-state index in [1.807, 2.05) is 13.1 Å². The van der Waals surface area contributed by atoms with Gasteiger partial charge < -0.3 is 5.32 Å². The second-order valence-corrected chi connectivity index (χ2v) is 4.45. The fourth-order valence-corrected chi connectivity index (χ4v) is 1.87. The number of rotatable bonds is 6. The number of thioether (sulfide) groups is 1. The van der Waals surface area contributed by atoms with Crippen LogP contribution in [0.25, 0.3) is 0 Å². The summed E-state index contributed by atoms with van der Waals surface area (Å²) in [5, 5.41) is 8.73. The molecule has 0 fully saturated rings. The minimum atomic E-state index is 0.484. The van der Waals surface area contributed by atoms with E-state index in [1.165, 1.54) is 0 Å². The summed E-state index contributed by atoms with van der Waals surface area (Å²) in [4.78, 5) is 4.15. The van der Waals surface area contributed by atoms with Crippen LogP contribution in [0.1, 0.15) is 6.92 Å². The van der Waals surface area contributed by atoms with Crippen molar-refractivity contribution < 1.29 is 0 Å². The van der Waals surface area contributed by atoms with Crippen LogP contribution in [0.4, 0.5) is 0 Å². The van der Waals surface area contributed by atoms with Crippen molar-refractivity contribution in [1.29, 1.82) is 0 Å². The SMILES string of the molecule is C=CCNCC(C)Sc1ncnn1C. The van der Waals surface area contributed by atoms with Crippen molar-refractivity contribution in [2.75, 3.05) is 13.1 Å². The molecule has 0 aliphatic carbocycles. The Hall–Kier alpha value is -0.810. The highest BCUT2D eigenvalue weighted by molar-refractivity contribution is 7.99. The Bertz CT molecular complexity index is 284. The Kier molecular flexibility index (Phi) is 4.69. The molecule has 1 rings (SSSR count). The van der Waals surface area contributed by atoms with Crippen LogP contribution in [0.3, 0.4) is 0 Å². The molecule has 0 aliphatic heterocycles. The molecule has 1 atom stereocenters. The first-order valence-corrected chi connectivity index (χ1v) is 5.44. The van der Waals surface area contributed by atoms with Crippen molar-refractivity contribution in [3.05, 3.63) is 19.0 Å². The number of nitrogens with zero attached hydrogens (tertiary/aromatic N) is 3. The molecule has 78 valence electrons. The Morgan fingerprint density at radius 3 is 3.14 bits per heavy atom. The molecule has 0 aromatic carbocycles. The molecule has 4 nitrogen and oxygen atoms in total. The lowest BCUT2D eigenvalue weighted by atomic mass is 10.4. The quantitative estimate of drug-likeness (QED) is 0.435. The highest BCUT2D eigenvalue weighted by atomic mass is 32.2. The van der Waals surface area contributed by atoms with E-state index in [1.54, 1.807) is 22.8 Å². The summed E-state index contributed by atoms with van der Waals surface area (Å²) in [6.07, 6.45) is 3.44. The van der Waals surface area contributed by atoms with Crippen LogP contribution in [0, 0.1) is 0 Å². The topological polar surface area (TPSA) is 42.7 Å². The van der Waals surface area contributed by atoms with Gasteiger partial charge in [-0.1, -0.05) is 24.8 Å². The van der Waals surface area contributed by atoms with Gasteiger partial charge in [0, 0.05) is 25.4 Å². The molecule has 1 aromatic heterocycles. The summed E-state index contributed by atoms with van der Waals surface area (Å²) >= 11 is 1.72. The van der Waals surface area contributed by atoms with Gasteiger partial charge in [0.1, 0.15) is 6.33 Å². The largest absolute Gasteiger partial charge is 0.312 e. The zero-order chi connectivity index (χ0) is 10.4. The van der Waals surface area contributed by atoms with E-state index in [-0.39, 0.29) is 0 Å². The van der Waals surface area contributed by atoms with Crippen molar-refractivity contribution in [1.82, 2.24) is 20.1 Å². The van der Waals surface area contributed by atoms with Crippen LogP contribution in [0.2, 0.25) is 0 Å². The van der Waals surface area contributed by atoms with Gasteiger partial charge in [-0.3, -0.25) is 0 Å². The van der Waals surface area contributed by atoms with Gasteiger partial charge in [-0.05, 0) is 0 Å². The van der Waals surface area contributed by atoms with Gasteiger partial charge in [-0.25, -0.2) is 9.67 Å². The van der Waals surface area contributed by atoms with Crippen LogP contribution in [0.15, 0.2) is 24.1 Å². The smallest absolute Gasteiger partial charge is 0.186 e. The summed E-state index contributed by atoms with van der Waals surface area (Å²) in [5.41, 5.74) is 0. The van der Waals surface area contributed by atoms with Gasteiger partial charge in [0.05, 0.1) is 0 Å². The highest BCUT2D eigenvalue weighted by Gasteiger charge is 2.07. The molecule has 1 aromatic rings. The lowest BCUT2D eigenvalue weighted by Gasteiger charge is -2.09. The maximum absolute atomic E-state index is 4.15. The molecule has 0 amide bonds. The lowest BCUT2D eigenvalue weighted by Crippen LogP contribution is -2.22. The van der Waals surface area contributed by atoms with E-state index in [4.69, 9.17) is 0 Å². The average molecular weight is 212 g/mol. The van der Waals surface area contributed by atoms with E-state index in [0.717, 1.165) is 18.2 Å². The molecule has 0 bridgehead atoms. The minimum Gasteiger partial charge on any atom is -0.312 e. The molecule has 1 heterocycles. The molecule has 1 unspecified atom stereocenters. The first-order valence-electron chi connectivity index (χ1n) is 4.56. The third-order valence-electron chi connectivity index (χ3n) is 1.70. The van der Waals surface area contributed by atoms with Crippen LogP contribution >= 0.6 is 11.8 Å². The predicted molar refractivity (Wildman–Crippen MR) is 59.4 cm³/mol. The van der Waals surface area contributed by atoms with Crippen molar-refractivity contribution in [3.63, 3.8) is 0 Å². The van der Waals surface area contributed by atoms with Crippen LogP contribution in [0.5, 0.6) is 0 Å². The summed E-state index contributed by atoms with van der Waals surface area (Å²) < 4.78 is 1.79. The molecule has 5 heteroatoms. The van der Waals surface area contributed by atoms with Gasteiger partial charge in [0.15, 0.2) is 5.16 Å². The van der Waals surface area contributed by atoms with E-state index in [0.29, 0.717) is 5.25 Å². The van der Waals surface area contributed by atoms with E-state index < -0.39 is 0 Å². The third kappa shape index (κ3) is 3.51. The molecule has 0 aliphatic rings. The summed E-state index contributed by atoms with van der Waals surface area (Å²) in [5.74, 6) is 0. The van der Waals surface area contributed by atoms with Crippen LogP contribution in [-0.4, -0.2) is 33.1 Å². The number of nitrogens with one attached hydrogen (secondary N) is 1. The van der Waals surface area contributed by atoms with Gasteiger partial charge >= 0.3 is 0 Å². The van der Waals surface area contributed by atoms with Gasteiger partial charge in [0.2, 0.25) is 0 Å². The summed E-state index contributed by atoms with van der Waals surface area (Å²) in [6, 6.07) is 0. The zero-order valence-electron chi connectivity index (χ0n) is 8.60. The molecule has 0 radical (unpaired) electrons. The second kappa shape index (κ2) is 5.82. The molecule has 14 heavy (non-hydrogen) atoms. The molecule has 0 spiro atoms. The molecule has 1 N–H and O–H groups in total. The molecular weight excluding hydrogens is 196 g/mol.